The molecule has 1 aromatic rings. The van der Waals surface area contributed by atoms with Crippen LogP contribution in [0.2, 0.25) is 0 Å². The number of benzene rings is 1. The lowest BCUT2D eigenvalue weighted by molar-refractivity contribution is 0.267. The van der Waals surface area contributed by atoms with E-state index in [0.717, 1.165) is 12.2 Å². The van der Waals surface area contributed by atoms with Crippen LogP contribution < -0.4 is 5.73 Å². The van der Waals surface area contributed by atoms with Gasteiger partial charge in [0.2, 0.25) is 0 Å². The summed E-state index contributed by atoms with van der Waals surface area (Å²) >= 11 is 0. The number of guanidine groups is 1. The first-order chi connectivity index (χ1) is 8.66. The molecule has 0 bridgehead atoms. The fraction of sp³-hybridized carbons (Fsp3) is 0.500. The lowest BCUT2D eigenvalue weighted by Crippen LogP contribution is -2.42. The molecule has 1 fully saturated rings. The van der Waals surface area contributed by atoms with Gasteiger partial charge >= 0.3 is 0 Å². The van der Waals surface area contributed by atoms with E-state index in [1.807, 2.05) is 42.3 Å². The number of aliphatic imine (C=N–C) groups is 1. The number of hydrogen-bond donors (Lipinski definition) is 1. The fourth-order valence-electron chi connectivity index (χ4n) is 2.34. The summed E-state index contributed by atoms with van der Waals surface area (Å²) in [6.07, 6.45) is 2.53. The Balaban J connectivity index is 1.96. The van der Waals surface area contributed by atoms with Gasteiger partial charge in [0.1, 0.15) is 0 Å². The molecule has 2 rings (SSSR count). The van der Waals surface area contributed by atoms with Crippen LogP contribution in [-0.2, 0) is 0 Å². The maximum absolute atomic E-state index is 6.03. The third kappa shape index (κ3) is 3.23. The molecule has 0 aliphatic carbocycles. The molecular formula is C14H22N4. The van der Waals surface area contributed by atoms with Gasteiger partial charge in [0.05, 0.1) is 5.69 Å². The van der Waals surface area contributed by atoms with E-state index in [4.69, 9.17) is 5.73 Å². The van der Waals surface area contributed by atoms with E-state index in [1.165, 1.54) is 19.4 Å². The maximum Gasteiger partial charge on any atom is 0.196 e. The molecule has 1 aliphatic rings. The van der Waals surface area contributed by atoms with Crippen LogP contribution in [0, 0.1) is 0 Å². The predicted molar refractivity (Wildman–Crippen MR) is 76.0 cm³/mol. The van der Waals surface area contributed by atoms with Crippen molar-refractivity contribution in [2.24, 2.45) is 10.7 Å². The zero-order chi connectivity index (χ0) is 13.0. The maximum atomic E-state index is 6.03. The van der Waals surface area contributed by atoms with E-state index in [-0.39, 0.29) is 0 Å². The number of nitrogens with zero attached hydrogens (tertiary/aromatic N) is 3. The minimum absolute atomic E-state index is 0.585. The van der Waals surface area contributed by atoms with Gasteiger partial charge < -0.3 is 15.5 Å². The number of nitrogens with two attached hydrogens (primary N) is 1. The molecule has 0 amide bonds. The predicted octanol–water partition coefficient (Wildman–Crippen LogP) is 1.66. The zero-order valence-electron chi connectivity index (χ0n) is 11.2. The standard InChI is InChI=1S/C14H22N4/c1-17-10-6-9-13(17)11-18(2)14(15)16-12-7-4-3-5-8-12/h3-5,7-8,13H,6,9-11H2,1-2H3,(H2,15,16). The molecule has 0 aromatic heterocycles. The normalized spacial score (nSPS) is 21.2. The quantitative estimate of drug-likeness (QED) is 0.651. The van der Waals surface area contributed by atoms with Crippen molar-refractivity contribution in [1.82, 2.24) is 9.80 Å². The summed E-state index contributed by atoms with van der Waals surface area (Å²) in [5.41, 5.74) is 6.93. The van der Waals surface area contributed by atoms with Crippen LogP contribution >= 0.6 is 0 Å². The molecule has 0 saturated carbocycles. The van der Waals surface area contributed by atoms with E-state index in [9.17, 15) is 0 Å². The summed E-state index contributed by atoms with van der Waals surface area (Å²) in [5.74, 6) is 0.585. The summed E-state index contributed by atoms with van der Waals surface area (Å²) < 4.78 is 0. The molecule has 0 spiro atoms. The highest BCUT2D eigenvalue weighted by Crippen LogP contribution is 2.16. The van der Waals surface area contributed by atoms with Crippen molar-refractivity contribution in [2.45, 2.75) is 18.9 Å². The number of hydrogen-bond acceptors (Lipinski definition) is 2. The molecule has 98 valence electrons. The van der Waals surface area contributed by atoms with Gasteiger partial charge in [-0.2, -0.15) is 0 Å². The molecule has 1 saturated heterocycles. The third-order valence-electron chi connectivity index (χ3n) is 3.55. The Kier molecular flexibility index (Phi) is 4.20. The number of likely N-dealkylation sites (tertiary alicyclic amines) is 1. The average molecular weight is 246 g/mol. The smallest absolute Gasteiger partial charge is 0.196 e. The molecule has 1 heterocycles. The van der Waals surface area contributed by atoms with Crippen LogP contribution in [0.25, 0.3) is 0 Å². The highest BCUT2D eigenvalue weighted by Gasteiger charge is 2.22. The number of para-hydroxylation sites is 1. The van der Waals surface area contributed by atoms with E-state index >= 15 is 0 Å². The van der Waals surface area contributed by atoms with Gasteiger partial charge in [-0.15, -0.1) is 0 Å². The van der Waals surface area contributed by atoms with E-state index in [0.29, 0.717) is 12.0 Å². The molecule has 4 nitrogen and oxygen atoms in total. The summed E-state index contributed by atoms with van der Waals surface area (Å²) in [6.45, 7) is 2.13. The fourth-order valence-corrected chi connectivity index (χ4v) is 2.34. The Morgan fingerprint density at radius 2 is 2.17 bits per heavy atom. The van der Waals surface area contributed by atoms with Gasteiger partial charge in [0.15, 0.2) is 5.96 Å². The Morgan fingerprint density at radius 1 is 1.44 bits per heavy atom. The molecule has 1 unspecified atom stereocenters. The SMILES string of the molecule is CN(CC1CCCN1C)C(N)=Nc1ccccc1. The molecule has 0 radical (unpaired) electrons. The van der Waals surface area contributed by atoms with Gasteiger partial charge in [-0.25, -0.2) is 4.99 Å². The van der Waals surface area contributed by atoms with Gasteiger partial charge in [0.25, 0.3) is 0 Å². The number of likely N-dealkylation sites (N-methyl/N-ethyl adjacent to an activating group) is 2. The largest absolute Gasteiger partial charge is 0.369 e. The second kappa shape index (κ2) is 5.87. The molecule has 4 heteroatoms. The van der Waals surface area contributed by atoms with Crippen LogP contribution in [0.5, 0.6) is 0 Å². The van der Waals surface area contributed by atoms with Crippen molar-refractivity contribution >= 4 is 11.6 Å². The highest BCUT2D eigenvalue weighted by atomic mass is 15.3. The second-order valence-corrected chi connectivity index (χ2v) is 4.96. The van der Waals surface area contributed by atoms with Crippen LogP contribution in [0.1, 0.15) is 12.8 Å². The number of rotatable bonds is 3. The molecule has 1 aliphatic heterocycles. The zero-order valence-corrected chi connectivity index (χ0v) is 11.2. The highest BCUT2D eigenvalue weighted by molar-refractivity contribution is 5.80. The lowest BCUT2D eigenvalue weighted by atomic mass is 10.2. The Morgan fingerprint density at radius 3 is 2.78 bits per heavy atom. The van der Waals surface area contributed by atoms with Gasteiger partial charge in [0, 0.05) is 19.6 Å². The van der Waals surface area contributed by atoms with Crippen LogP contribution in [0.4, 0.5) is 5.69 Å². The summed E-state index contributed by atoms with van der Waals surface area (Å²) in [4.78, 5) is 8.86. The van der Waals surface area contributed by atoms with Crippen LogP contribution in [-0.4, -0.2) is 49.0 Å². The van der Waals surface area contributed by atoms with E-state index in [1.54, 1.807) is 0 Å². The first kappa shape index (κ1) is 12.9. The topological polar surface area (TPSA) is 44.9 Å². The van der Waals surface area contributed by atoms with Crippen LogP contribution in [0.3, 0.4) is 0 Å². The summed E-state index contributed by atoms with van der Waals surface area (Å²) in [6, 6.07) is 10.4. The Bertz CT molecular complexity index is 402. The van der Waals surface area contributed by atoms with Gasteiger partial charge in [-0.1, -0.05) is 18.2 Å². The summed E-state index contributed by atoms with van der Waals surface area (Å²) in [7, 11) is 4.18. The van der Waals surface area contributed by atoms with E-state index in [2.05, 4.69) is 16.9 Å². The summed E-state index contributed by atoms with van der Waals surface area (Å²) in [5, 5.41) is 0. The second-order valence-electron chi connectivity index (χ2n) is 4.96. The lowest BCUT2D eigenvalue weighted by Gasteiger charge is -2.26. The average Bonchev–Trinajstić information content (AvgIpc) is 2.76. The minimum atomic E-state index is 0.585. The van der Waals surface area contributed by atoms with Gasteiger partial charge in [-0.05, 0) is 38.6 Å². The van der Waals surface area contributed by atoms with Crippen molar-refractivity contribution in [2.75, 3.05) is 27.2 Å². The van der Waals surface area contributed by atoms with Crippen molar-refractivity contribution in [3.8, 4) is 0 Å². The molecule has 1 atom stereocenters. The Labute approximate surface area is 109 Å². The van der Waals surface area contributed by atoms with E-state index < -0.39 is 0 Å². The van der Waals surface area contributed by atoms with Crippen molar-refractivity contribution < 1.29 is 0 Å². The van der Waals surface area contributed by atoms with Crippen LogP contribution in [0.15, 0.2) is 35.3 Å². The Hall–Kier alpha value is -1.55. The molecule has 18 heavy (non-hydrogen) atoms. The van der Waals surface area contributed by atoms with Crippen molar-refractivity contribution in [1.29, 1.82) is 0 Å². The van der Waals surface area contributed by atoms with Gasteiger partial charge in [-0.3, -0.25) is 0 Å². The molecule has 1 aromatic carbocycles. The minimum Gasteiger partial charge on any atom is -0.369 e. The molecular weight excluding hydrogens is 224 g/mol. The first-order valence-electron chi connectivity index (χ1n) is 6.47. The van der Waals surface area contributed by atoms with Crippen molar-refractivity contribution in [3.05, 3.63) is 30.3 Å². The third-order valence-corrected chi connectivity index (χ3v) is 3.55. The monoisotopic (exact) mass is 246 g/mol. The first-order valence-corrected chi connectivity index (χ1v) is 6.47. The van der Waals surface area contributed by atoms with Crippen molar-refractivity contribution in [3.63, 3.8) is 0 Å². The molecule has 2 N–H and O–H groups in total.